The van der Waals surface area contributed by atoms with Crippen molar-refractivity contribution in [2.75, 3.05) is 20.2 Å². The number of rotatable bonds is 3. The van der Waals surface area contributed by atoms with Crippen LogP contribution in [0.4, 0.5) is 0 Å². The number of ether oxygens (including phenoxy) is 1. The Balaban J connectivity index is 2.31. The lowest BCUT2D eigenvalue weighted by Crippen LogP contribution is -2.40. The molecule has 2 atom stereocenters. The van der Waals surface area contributed by atoms with Crippen LogP contribution >= 0.6 is 0 Å². The first-order valence-corrected chi connectivity index (χ1v) is 4.31. The van der Waals surface area contributed by atoms with Crippen molar-refractivity contribution in [1.82, 2.24) is 10.6 Å². The van der Waals surface area contributed by atoms with E-state index in [9.17, 15) is 4.79 Å². The number of carbonyl (C=O) groups excluding carboxylic acids is 1. The fourth-order valence-electron chi connectivity index (χ4n) is 1.38. The van der Waals surface area contributed by atoms with E-state index in [1.807, 2.05) is 6.92 Å². The molecule has 0 radical (unpaired) electrons. The Bertz CT molecular complexity index is 161. The fourth-order valence-corrected chi connectivity index (χ4v) is 1.38. The molecular weight excluding hydrogens is 156 g/mol. The second-order valence-electron chi connectivity index (χ2n) is 2.95. The van der Waals surface area contributed by atoms with Crippen LogP contribution < -0.4 is 10.6 Å². The van der Waals surface area contributed by atoms with Gasteiger partial charge in [-0.1, -0.05) is 0 Å². The molecular formula is C8H16N2O2. The minimum atomic E-state index is -0.0603. The second kappa shape index (κ2) is 4.42. The summed E-state index contributed by atoms with van der Waals surface area (Å²) in [6.07, 6.45) is 0.972. The lowest BCUT2D eigenvalue weighted by molar-refractivity contribution is -0.122. The highest BCUT2D eigenvalue weighted by Gasteiger charge is 2.28. The van der Waals surface area contributed by atoms with E-state index in [0.717, 1.165) is 13.0 Å². The zero-order chi connectivity index (χ0) is 8.97. The predicted molar refractivity (Wildman–Crippen MR) is 45.9 cm³/mol. The van der Waals surface area contributed by atoms with E-state index in [-0.39, 0.29) is 18.1 Å². The van der Waals surface area contributed by atoms with Gasteiger partial charge >= 0.3 is 0 Å². The van der Waals surface area contributed by atoms with Crippen LogP contribution in [-0.4, -0.2) is 38.3 Å². The van der Waals surface area contributed by atoms with E-state index in [1.165, 1.54) is 0 Å². The molecule has 1 saturated heterocycles. The molecule has 0 bridgehead atoms. The van der Waals surface area contributed by atoms with Crippen LogP contribution in [0.25, 0.3) is 0 Å². The quantitative estimate of drug-likeness (QED) is 0.603. The average Bonchev–Trinajstić information content (AvgIpc) is 2.52. The van der Waals surface area contributed by atoms with Gasteiger partial charge in [-0.2, -0.15) is 0 Å². The summed E-state index contributed by atoms with van der Waals surface area (Å²) in [4.78, 5) is 11.3. The highest BCUT2D eigenvalue weighted by molar-refractivity contribution is 5.82. The van der Waals surface area contributed by atoms with Crippen molar-refractivity contribution in [2.45, 2.75) is 25.5 Å². The summed E-state index contributed by atoms with van der Waals surface area (Å²) in [6.45, 7) is 3.38. The van der Waals surface area contributed by atoms with E-state index in [2.05, 4.69) is 10.6 Å². The molecule has 0 aromatic rings. The number of amides is 1. The zero-order valence-electron chi connectivity index (χ0n) is 7.59. The number of carbonyl (C=O) groups is 1. The second-order valence-corrected chi connectivity index (χ2v) is 2.95. The van der Waals surface area contributed by atoms with E-state index in [4.69, 9.17) is 4.74 Å². The molecule has 1 rings (SSSR count). The van der Waals surface area contributed by atoms with Gasteiger partial charge in [-0.25, -0.2) is 0 Å². The van der Waals surface area contributed by atoms with Gasteiger partial charge in [0.15, 0.2) is 0 Å². The summed E-state index contributed by atoms with van der Waals surface area (Å²) in [5.41, 5.74) is 0. The van der Waals surface area contributed by atoms with E-state index >= 15 is 0 Å². The molecule has 70 valence electrons. The lowest BCUT2D eigenvalue weighted by atomic mass is 10.2. The molecule has 0 aromatic heterocycles. The first kappa shape index (κ1) is 9.48. The Morgan fingerprint density at radius 3 is 3.00 bits per heavy atom. The Morgan fingerprint density at radius 2 is 2.50 bits per heavy atom. The van der Waals surface area contributed by atoms with Gasteiger partial charge in [0.1, 0.15) is 0 Å². The van der Waals surface area contributed by atoms with Crippen LogP contribution in [0, 0.1) is 0 Å². The summed E-state index contributed by atoms with van der Waals surface area (Å²) in [7, 11) is 1.67. The Kier molecular flexibility index (Phi) is 3.49. The van der Waals surface area contributed by atoms with Crippen LogP contribution in [-0.2, 0) is 9.53 Å². The van der Waals surface area contributed by atoms with Gasteiger partial charge in [0, 0.05) is 20.2 Å². The fraction of sp³-hybridized carbons (Fsp3) is 0.875. The Hall–Kier alpha value is -0.610. The molecule has 4 heteroatoms. The number of likely N-dealkylation sites (N-methyl/N-ethyl adjacent to an activating group) is 1. The molecule has 1 aliphatic heterocycles. The third kappa shape index (κ3) is 2.19. The van der Waals surface area contributed by atoms with Gasteiger partial charge in [0.25, 0.3) is 0 Å². The maximum absolute atomic E-state index is 11.3. The monoisotopic (exact) mass is 172 g/mol. The average molecular weight is 172 g/mol. The van der Waals surface area contributed by atoms with Crippen molar-refractivity contribution in [3.8, 4) is 0 Å². The van der Waals surface area contributed by atoms with Crippen molar-refractivity contribution in [3.63, 3.8) is 0 Å². The Labute approximate surface area is 72.7 Å². The molecule has 2 unspecified atom stereocenters. The van der Waals surface area contributed by atoms with Gasteiger partial charge in [-0.3, -0.25) is 4.79 Å². The molecule has 4 nitrogen and oxygen atoms in total. The molecule has 1 heterocycles. The van der Waals surface area contributed by atoms with Crippen LogP contribution in [0.2, 0.25) is 0 Å². The van der Waals surface area contributed by atoms with Gasteiger partial charge < -0.3 is 15.4 Å². The number of hydrogen-bond acceptors (Lipinski definition) is 3. The minimum absolute atomic E-state index is 0.0603. The summed E-state index contributed by atoms with van der Waals surface area (Å²) in [5, 5.41) is 5.88. The molecule has 0 aromatic carbocycles. The van der Waals surface area contributed by atoms with Crippen LogP contribution in [0.5, 0.6) is 0 Å². The van der Waals surface area contributed by atoms with E-state index < -0.39 is 0 Å². The lowest BCUT2D eigenvalue weighted by Gasteiger charge is -2.09. The normalized spacial score (nSPS) is 28.8. The first-order valence-electron chi connectivity index (χ1n) is 4.31. The van der Waals surface area contributed by atoms with Crippen LogP contribution in [0.3, 0.4) is 0 Å². The smallest absolute Gasteiger partial charge is 0.237 e. The minimum Gasteiger partial charge on any atom is -0.380 e. The third-order valence-electron chi connectivity index (χ3n) is 2.09. The maximum atomic E-state index is 11.3. The Morgan fingerprint density at radius 1 is 1.75 bits per heavy atom. The molecule has 12 heavy (non-hydrogen) atoms. The highest BCUT2D eigenvalue weighted by atomic mass is 16.5. The molecule has 2 N–H and O–H groups in total. The zero-order valence-corrected chi connectivity index (χ0v) is 7.59. The van der Waals surface area contributed by atoms with Crippen molar-refractivity contribution >= 4 is 5.91 Å². The SMILES string of the molecule is CCNC(=O)C1CC(OC)CN1. The number of methoxy groups -OCH3 is 1. The molecule has 1 fully saturated rings. The molecule has 1 amide bonds. The summed E-state index contributed by atoms with van der Waals surface area (Å²) >= 11 is 0. The largest absolute Gasteiger partial charge is 0.380 e. The van der Waals surface area contributed by atoms with Gasteiger partial charge in [-0.15, -0.1) is 0 Å². The van der Waals surface area contributed by atoms with Crippen molar-refractivity contribution < 1.29 is 9.53 Å². The van der Waals surface area contributed by atoms with Crippen molar-refractivity contribution in [2.24, 2.45) is 0 Å². The predicted octanol–water partition coefficient (Wildman–Crippen LogP) is -0.501. The van der Waals surface area contributed by atoms with Crippen LogP contribution in [0.1, 0.15) is 13.3 Å². The van der Waals surface area contributed by atoms with Crippen LogP contribution in [0.15, 0.2) is 0 Å². The van der Waals surface area contributed by atoms with Gasteiger partial charge in [0.05, 0.1) is 12.1 Å². The highest BCUT2D eigenvalue weighted by Crippen LogP contribution is 2.08. The maximum Gasteiger partial charge on any atom is 0.237 e. The topological polar surface area (TPSA) is 50.4 Å². The molecule has 1 aliphatic rings. The van der Waals surface area contributed by atoms with Crippen molar-refractivity contribution in [3.05, 3.63) is 0 Å². The summed E-state index contributed by atoms with van der Waals surface area (Å²) < 4.78 is 5.13. The summed E-state index contributed by atoms with van der Waals surface area (Å²) in [6, 6.07) is -0.0603. The molecule has 0 spiro atoms. The number of nitrogens with one attached hydrogen (secondary N) is 2. The first-order chi connectivity index (χ1) is 5.77. The van der Waals surface area contributed by atoms with Gasteiger partial charge in [-0.05, 0) is 13.3 Å². The van der Waals surface area contributed by atoms with Crippen molar-refractivity contribution in [1.29, 1.82) is 0 Å². The molecule has 0 saturated carbocycles. The van der Waals surface area contributed by atoms with Gasteiger partial charge in [0.2, 0.25) is 5.91 Å². The van der Waals surface area contributed by atoms with E-state index in [1.54, 1.807) is 7.11 Å². The standard InChI is InChI=1S/C8H16N2O2/c1-3-9-8(11)7-4-6(12-2)5-10-7/h6-7,10H,3-5H2,1-2H3,(H,9,11). The molecule has 0 aliphatic carbocycles. The third-order valence-corrected chi connectivity index (χ3v) is 2.09. The summed E-state index contributed by atoms with van der Waals surface area (Å²) in [5.74, 6) is 0.0806. The number of hydrogen-bond donors (Lipinski definition) is 2. The van der Waals surface area contributed by atoms with E-state index in [0.29, 0.717) is 6.54 Å².